The van der Waals surface area contributed by atoms with Gasteiger partial charge in [0.05, 0.1) is 0 Å². The average Bonchev–Trinajstić information content (AvgIpc) is 4.05. The third-order valence-corrected chi connectivity index (χ3v) is 16.2. The minimum atomic E-state index is -0.265. The van der Waals surface area contributed by atoms with Crippen molar-refractivity contribution < 1.29 is 4.42 Å². The van der Waals surface area contributed by atoms with Crippen molar-refractivity contribution in [3.8, 4) is 66.8 Å². The van der Waals surface area contributed by atoms with E-state index in [1.54, 1.807) is 0 Å². The van der Waals surface area contributed by atoms with Gasteiger partial charge in [-0.2, -0.15) is 0 Å². The second-order valence-electron chi connectivity index (χ2n) is 20.5. The molecule has 11 aromatic carbocycles. The summed E-state index contributed by atoms with van der Waals surface area (Å²) in [5, 5.41) is 2.27. The molecule has 1 unspecified atom stereocenters. The molecule has 12 aromatic rings. The summed E-state index contributed by atoms with van der Waals surface area (Å²) < 4.78 is 6.31. The van der Waals surface area contributed by atoms with Gasteiger partial charge >= 0.3 is 0 Å². The molecule has 2 aliphatic rings. The predicted octanol–water partition coefficient (Wildman–Crippen LogP) is 19.4. The molecule has 346 valence electrons. The van der Waals surface area contributed by atoms with Gasteiger partial charge in [0.2, 0.25) is 0 Å². The second-order valence-corrected chi connectivity index (χ2v) is 20.5. The van der Waals surface area contributed by atoms with Crippen LogP contribution in [0.15, 0.2) is 259 Å². The largest absolute Gasteiger partial charge is 0.456 e. The lowest BCUT2D eigenvalue weighted by Gasteiger charge is -2.28. The van der Waals surface area contributed by atoms with Crippen LogP contribution in [0.2, 0.25) is 0 Å². The van der Waals surface area contributed by atoms with Crippen LogP contribution >= 0.6 is 0 Å². The van der Waals surface area contributed by atoms with Crippen LogP contribution in [0.1, 0.15) is 48.6 Å². The molecular weight excluding hydrogens is 883 g/mol. The Labute approximate surface area is 427 Å². The van der Waals surface area contributed by atoms with E-state index in [2.05, 4.69) is 268 Å². The van der Waals surface area contributed by atoms with Gasteiger partial charge < -0.3 is 9.32 Å². The van der Waals surface area contributed by atoms with Gasteiger partial charge in [-0.1, -0.05) is 214 Å². The molecule has 2 heteroatoms. The quantitative estimate of drug-likeness (QED) is 0.151. The fourth-order valence-electron chi connectivity index (χ4n) is 12.6. The molecule has 0 spiro atoms. The molecular formula is C71H51NO. The summed E-state index contributed by atoms with van der Waals surface area (Å²) in [7, 11) is 0. The highest BCUT2D eigenvalue weighted by Crippen LogP contribution is 2.55. The maximum absolute atomic E-state index is 6.31. The first-order valence-corrected chi connectivity index (χ1v) is 25.5. The van der Waals surface area contributed by atoms with E-state index >= 15 is 0 Å². The molecule has 1 heterocycles. The van der Waals surface area contributed by atoms with Crippen LogP contribution in [0.25, 0.3) is 88.7 Å². The number of anilines is 3. The van der Waals surface area contributed by atoms with Crippen molar-refractivity contribution in [3.05, 3.63) is 283 Å². The molecule has 0 saturated heterocycles. The molecule has 73 heavy (non-hydrogen) atoms. The SMILES string of the molecule is CC1(C)c2ccccc2-c2cccc(-c3ccccc3-c3ccc(N(c4ccc(-c5ccc6c(c5)C(C)(c5ccccc5)c5ccccc5-6)cc4)c4ccc(-c5cccc6oc7ccccc7c56)cc4)cc3)c21. The molecule has 14 rings (SSSR count). The summed E-state index contributed by atoms with van der Waals surface area (Å²) in [5.74, 6) is 0. The zero-order valence-corrected chi connectivity index (χ0v) is 41.1. The Hall–Kier alpha value is -8.98. The van der Waals surface area contributed by atoms with Crippen molar-refractivity contribution in [2.45, 2.75) is 31.6 Å². The zero-order valence-electron chi connectivity index (χ0n) is 41.1. The van der Waals surface area contributed by atoms with Gasteiger partial charge in [0.25, 0.3) is 0 Å². The van der Waals surface area contributed by atoms with Crippen LogP contribution in [0.3, 0.4) is 0 Å². The molecule has 1 aromatic heterocycles. The molecule has 0 fully saturated rings. The van der Waals surface area contributed by atoms with Crippen LogP contribution < -0.4 is 4.90 Å². The van der Waals surface area contributed by atoms with E-state index in [0.717, 1.165) is 50.1 Å². The van der Waals surface area contributed by atoms with E-state index in [1.165, 1.54) is 83.5 Å². The van der Waals surface area contributed by atoms with Gasteiger partial charge in [0.1, 0.15) is 11.2 Å². The summed E-state index contributed by atoms with van der Waals surface area (Å²) in [6.45, 7) is 7.13. The van der Waals surface area contributed by atoms with Crippen LogP contribution in [0, 0.1) is 0 Å². The van der Waals surface area contributed by atoms with Crippen molar-refractivity contribution in [1.29, 1.82) is 0 Å². The number of hydrogen-bond donors (Lipinski definition) is 0. The molecule has 0 radical (unpaired) electrons. The first kappa shape index (κ1) is 42.9. The minimum absolute atomic E-state index is 0.126. The summed E-state index contributed by atoms with van der Waals surface area (Å²) in [4.78, 5) is 2.38. The standard InChI is InChI=1S/C71H51NO/c1-70(2)63-27-12-9-22-58(63)61-26-15-25-60(69(61)70)56-20-8-7-19-54(56)47-33-40-52(41-34-47)72(53-42-35-48(36-43-53)55-24-16-30-67-68(55)62-23-11-14-29-66(62)73-67)51-38-31-46(32-39-51)49-37-44-59-57-21-10-13-28-64(57)71(3,65(59)45-49)50-17-5-4-6-18-50/h4-45H,1-3H3. The third kappa shape index (κ3) is 6.64. The number of hydrogen-bond acceptors (Lipinski definition) is 2. The Morgan fingerprint density at radius 1 is 0.315 bits per heavy atom. The van der Waals surface area contributed by atoms with E-state index in [-0.39, 0.29) is 10.8 Å². The number of rotatable bonds is 8. The number of furan rings is 1. The topological polar surface area (TPSA) is 16.4 Å². The zero-order chi connectivity index (χ0) is 48.8. The highest BCUT2D eigenvalue weighted by atomic mass is 16.3. The van der Waals surface area contributed by atoms with Crippen molar-refractivity contribution >= 4 is 39.0 Å². The van der Waals surface area contributed by atoms with Gasteiger partial charge in [-0.25, -0.2) is 0 Å². The molecule has 0 N–H and O–H groups in total. The van der Waals surface area contributed by atoms with Gasteiger partial charge in [0.15, 0.2) is 0 Å². The van der Waals surface area contributed by atoms with Gasteiger partial charge in [0, 0.05) is 38.7 Å². The van der Waals surface area contributed by atoms with Gasteiger partial charge in [-0.3, -0.25) is 0 Å². The van der Waals surface area contributed by atoms with Crippen LogP contribution in [0.5, 0.6) is 0 Å². The molecule has 2 nitrogen and oxygen atoms in total. The summed E-state index contributed by atoms with van der Waals surface area (Å²) >= 11 is 0. The first-order chi connectivity index (χ1) is 35.8. The van der Waals surface area contributed by atoms with Gasteiger partial charge in [-0.15, -0.1) is 0 Å². The molecule has 0 saturated carbocycles. The monoisotopic (exact) mass is 933 g/mol. The molecule has 0 bridgehead atoms. The number of benzene rings is 11. The molecule has 0 amide bonds. The minimum Gasteiger partial charge on any atom is -0.456 e. The fraction of sp³-hybridized carbons (Fsp3) is 0.0704. The Balaban J connectivity index is 0.857. The number of nitrogens with zero attached hydrogens (tertiary/aromatic N) is 1. The Morgan fingerprint density at radius 3 is 1.48 bits per heavy atom. The van der Waals surface area contributed by atoms with Gasteiger partial charge in [-0.05, 0) is 156 Å². The van der Waals surface area contributed by atoms with Crippen LogP contribution in [-0.4, -0.2) is 0 Å². The Bertz CT molecular complexity index is 4100. The summed E-state index contributed by atoms with van der Waals surface area (Å²) in [5.41, 5.74) is 26.3. The highest BCUT2D eigenvalue weighted by Gasteiger charge is 2.41. The van der Waals surface area contributed by atoms with Crippen molar-refractivity contribution in [1.82, 2.24) is 0 Å². The smallest absolute Gasteiger partial charge is 0.136 e. The lowest BCUT2D eigenvalue weighted by Crippen LogP contribution is -2.22. The van der Waals surface area contributed by atoms with E-state index < -0.39 is 0 Å². The predicted molar refractivity (Wildman–Crippen MR) is 305 cm³/mol. The van der Waals surface area contributed by atoms with Crippen LogP contribution in [-0.2, 0) is 10.8 Å². The number of para-hydroxylation sites is 1. The van der Waals surface area contributed by atoms with E-state index in [1.807, 2.05) is 12.1 Å². The third-order valence-electron chi connectivity index (χ3n) is 16.2. The van der Waals surface area contributed by atoms with E-state index in [9.17, 15) is 0 Å². The first-order valence-electron chi connectivity index (χ1n) is 25.5. The van der Waals surface area contributed by atoms with Crippen molar-refractivity contribution in [3.63, 3.8) is 0 Å². The maximum Gasteiger partial charge on any atom is 0.136 e. The van der Waals surface area contributed by atoms with Crippen LogP contribution in [0.4, 0.5) is 17.1 Å². The molecule has 1 atom stereocenters. The summed E-state index contributed by atoms with van der Waals surface area (Å²) in [6.07, 6.45) is 0. The Morgan fingerprint density at radius 2 is 0.781 bits per heavy atom. The molecule has 0 aliphatic heterocycles. The number of fused-ring (bicyclic) bond motifs is 9. The highest BCUT2D eigenvalue weighted by molar-refractivity contribution is 6.12. The average molecular weight is 934 g/mol. The normalized spacial score (nSPS) is 14.9. The van der Waals surface area contributed by atoms with Crippen molar-refractivity contribution in [2.75, 3.05) is 4.90 Å². The molecule has 2 aliphatic carbocycles. The fourth-order valence-corrected chi connectivity index (χ4v) is 12.6. The lowest BCUT2D eigenvalue weighted by molar-refractivity contribution is 0.662. The lowest BCUT2D eigenvalue weighted by atomic mass is 9.74. The second kappa shape index (κ2) is 16.6. The van der Waals surface area contributed by atoms with Crippen molar-refractivity contribution in [2.24, 2.45) is 0 Å². The Kier molecular flexibility index (Phi) is 9.72. The van der Waals surface area contributed by atoms with E-state index in [4.69, 9.17) is 4.42 Å². The maximum atomic E-state index is 6.31. The summed E-state index contributed by atoms with van der Waals surface area (Å²) in [6, 6.07) is 93.6. The van der Waals surface area contributed by atoms with E-state index in [0.29, 0.717) is 0 Å².